The molecule has 0 spiro atoms. The van der Waals surface area contributed by atoms with Crippen LogP contribution in [0.1, 0.15) is 12.5 Å². The van der Waals surface area contributed by atoms with E-state index in [1.807, 2.05) is 4.90 Å². The lowest BCUT2D eigenvalue weighted by atomic mass is 10.0. The predicted molar refractivity (Wildman–Crippen MR) is 90.7 cm³/mol. The number of fused-ring (bicyclic) bond motifs is 1. The normalized spacial score (nSPS) is 16.0. The Bertz CT molecular complexity index is 1020. The number of hydrogen-bond acceptors (Lipinski definition) is 6. The molecule has 3 heterocycles. The molecule has 142 valence electrons. The molecule has 0 unspecified atom stereocenters. The van der Waals surface area contributed by atoms with Crippen molar-refractivity contribution in [1.29, 1.82) is 0 Å². The highest BCUT2D eigenvalue weighted by Crippen LogP contribution is 2.38. The molecule has 0 saturated carbocycles. The minimum absolute atomic E-state index is 0.0390. The van der Waals surface area contributed by atoms with E-state index in [9.17, 15) is 18.3 Å². The first-order valence-electron chi connectivity index (χ1n) is 8.72. The summed E-state index contributed by atoms with van der Waals surface area (Å²) in [5.41, 5.74) is -0.699. The molecular weight excluding hydrogens is 363 g/mol. The van der Waals surface area contributed by atoms with Crippen LogP contribution in [-0.4, -0.2) is 51.0 Å². The lowest BCUT2D eigenvalue weighted by molar-refractivity contribution is -0.137. The summed E-state index contributed by atoms with van der Waals surface area (Å²) in [5.74, 6) is 0.0255. The first kappa shape index (κ1) is 16.3. The van der Waals surface area contributed by atoms with Gasteiger partial charge in [-0.25, -0.2) is 9.50 Å². The molecule has 0 bridgehead atoms. The van der Waals surface area contributed by atoms with Crippen LogP contribution in [0.3, 0.4) is 0 Å². The Kier molecular flexibility index (Phi) is 3.85. The summed E-state index contributed by atoms with van der Waals surface area (Å²) in [6, 6.07) is 1.46. The Hall–Kier alpha value is -2.88. The van der Waals surface area contributed by atoms with Crippen LogP contribution in [0.25, 0.3) is 17.0 Å². The smallest absolute Gasteiger partial charge is 0.416 e. The number of phenolic OH excluding ortho intramolecular Hbond substituents is 1. The minimum Gasteiger partial charge on any atom is -0.507 e. The molecule has 7 nitrogen and oxygen atoms in total. The fraction of sp³-hybridized carbons (Fsp3) is 0.353. The SMILES string of the molecule is [2H]c1cn2nc(N3CCOCC3)nc2nc1-c1c(C)cc(C(F)(F)F)cc1O. The number of aromatic hydroxyl groups is 1. The zero-order valence-corrected chi connectivity index (χ0v) is 14.3. The van der Waals surface area contributed by atoms with Crippen molar-refractivity contribution in [3.05, 3.63) is 35.5 Å². The second kappa shape index (κ2) is 6.38. The van der Waals surface area contributed by atoms with Crippen molar-refractivity contribution < 1.29 is 24.4 Å². The Labute approximate surface area is 153 Å². The van der Waals surface area contributed by atoms with Crippen molar-refractivity contribution in [2.24, 2.45) is 0 Å². The van der Waals surface area contributed by atoms with E-state index in [0.717, 1.165) is 6.07 Å². The third kappa shape index (κ3) is 3.27. The van der Waals surface area contributed by atoms with Gasteiger partial charge in [0, 0.05) is 24.8 Å². The van der Waals surface area contributed by atoms with Gasteiger partial charge in [0.15, 0.2) is 0 Å². The number of aromatic nitrogens is 4. The summed E-state index contributed by atoms with van der Waals surface area (Å²) in [6.45, 7) is 3.78. The van der Waals surface area contributed by atoms with Gasteiger partial charge in [0.25, 0.3) is 5.78 Å². The maximum absolute atomic E-state index is 13.0. The maximum Gasteiger partial charge on any atom is 0.416 e. The quantitative estimate of drug-likeness (QED) is 0.737. The Balaban J connectivity index is 1.80. The summed E-state index contributed by atoms with van der Waals surface area (Å²) in [6.07, 6.45) is -3.22. The van der Waals surface area contributed by atoms with E-state index < -0.39 is 17.5 Å². The molecule has 2 aromatic heterocycles. The number of anilines is 1. The molecule has 1 N–H and O–H groups in total. The number of phenols is 1. The Morgan fingerprint density at radius 3 is 2.63 bits per heavy atom. The highest BCUT2D eigenvalue weighted by molar-refractivity contribution is 5.72. The molecule has 1 aliphatic rings. The number of ether oxygens (including phenoxy) is 1. The van der Waals surface area contributed by atoms with Gasteiger partial charge in [-0.15, -0.1) is 5.10 Å². The van der Waals surface area contributed by atoms with E-state index in [4.69, 9.17) is 6.11 Å². The molecule has 0 radical (unpaired) electrons. The lowest BCUT2D eigenvalue weighted by Crippen LogP contribution is -2.36. The Morgan fingerprint density at radius 1 is 1.22 bits per heavy atom. The van der Waals surface area contributed by atoms with E-state index in [1.165, 1.54) is 17.6 Å². The monoisotopic (exact) mass is 380 g/mol. The standard InChI is InChI=1S/C17H16F3N5O2/c1-10-8-11(17(18,19)20)9-13(26)14(10)12-2-3-25-15(21-12)22-16(23-25)24-4-6-27-7-5-24/h2-3,8-9,26H,4-7H2,1H3/i2D. The zero-order chi connectivity index (χ0) is 20.1. The molecule has 10 heteroatoms. The maximum atomic E-state index is 13.0. The van der Waals surface area contributed by atoms with Gasteiger partial charge in [0.2, 0.25) is 5.95 Å². The van der Waals surface area contributed by atoms with Gasteiger partial charge in [-0.05, 0) is 30.7 Å². The van der Waals surface area contributed by atoms with Crippen molar-refractivity contribution >= 4 is 11.7 Å². The average Bonchev–Trinajstić information content (AvgIpc) is 3.04. The van der Waals surface area contributed by atoms with Crippen molar-refractivity contribution in [2.75, 3.05) is 31.2 Å². The van der Waals surface area contributed by atoms with E-state index in [0.29, 0.717) is 38.3 Å². The third-order valence-electron chi connectivity index (χ3n) is 4.31. The van der Waals surface area contributed by atoms with E-state index in [2.05, 4.69) is 15.1 Å². The van der Waals surface area contributed by atoms with Crippen LogP contribution in [0.15, 0.2) is 24.4 Å². The van der Waals surface area contributed by atoms with Gasteiger partial charge in [0.05, 0.1) is 25.8 Å². The molecule has 3 aromatic rings. The Morgan fingerprint density at radius 2 is 1.96 bits per heavy atom. The van der Waals surface area contributed by atoms with Gasteiger partial charge < -0.3 is 14.7 Å². The van der Waals surface area contributed by atoms with E-state index >= 15 is 0 Å². The summed E-state index contributed by atoms with van der Waals surface area (Å²) >= 11 is 0. The first-order valence-corrected chi connectivity index (χ1v) is 8.22. The fourth-order valence-corrected chi connectivity index (χ4v) is 2.99. The van der Waals surface area contributed by atoms with Gasteiger partial charge in [-0.3, -0.25) is 0 Å². The number of aryl methyl sites for hydroxylation is 1. The number of hydrogen-bond donors (Lipinski definition) is 1. The number of nitrogens with zero attached hydrogens (tertiary/aromatic N) is 5. The molecule has 0 atom stereocenters. The number of rotatable bonds is 2. The van der Waals surface area contributed by atoms with E-state index in [-0.39, 0.29) is 28.6 Å². The van der Waals surface area contributed by atoms with Gasteiger partial charge in [-0.2, -0.15) is 18.2 Å². The molecule has 1 aromatic carbocycles. The summed E-state index contributed by atoms with van der Waals surface area (Å²) in [5, 5.41) is 14.5. The van der Waals surface area contributed by atoms with Gasteiger partial charge >= 0.3 is 6.18 Å². The fourth-order valence-electron chi connectivity index (χ4n) is 2.99. The van der Waals surface area contributed by atoms with Crippen LogP contribution in [0.2, 0.25) is 0 Å². The number of alkyl halides is 3. The second-order valence-electron chi connectivity index (χ2n) is 6.17. The van der Waals surface area contributed by atoms with Crippen LogP contribution < -0.4 is 4.90 Å². The summed E-state index contributed by atoms with van der Waals surface area (Å²) in [7, 11) is 0. The predicted octanol–water partition coefficient (Wildman–Crippen LogP) is 2.66. The van der Waals surface area contributed by atoms with Crippen LogP contribution in [-0.2, 0) is 10.9 Å². The molecule has 0 aliphatic carbocycles. The molecule has 0 amide bonds. The molecule has 4 rings (SSSR count). The van der Waals surface area contributed by atoms with Gasteiger partial charge in [-0.1, -0.05) is 0 Å². The topological polar surface area (TPSA) is 75.8 Å². The largest absolute Gasteiger partial charge is 0.507 e. The van der Waals surface area contributed by atoms with Crippen molar-refractivity contribution in [3.8, 4) is 17.0 Å². The summed E-state index contributed by atoms with van der Waals surface area (Å²) < 4.78 is 53.7. The van der Waals surface area contributed by atoms with Crippen LogP contribution >= 0.6 is 0 Å². The first-order chi connectivity index (χ1) is 13.2. The molecule has 1 fully saturated rings. The van der Waals surface area contributed by atoms with Crippen molar-refractivity contribution in [2.45, 2.75) is 13.1 Å². The molecule has 27 heavy (non-hydrogen) atoms. The van der Waals surface area contributed by atoms with Crippen LogP contribution in [0.4, 0.5) is 19.1 Å². The molecule has 1 saturated heterocycles. The number of halogens is 3. The van der Waals surface area contributed by atoms with E-state index in [1.54, 1.807) is 0 Å². The highest BCUT2D eigenvalue weighted by Gasteiger charge is 2.32. The van der Waals surface area contributed by atoms with Crippen LogP contribution in [0, 0.1) is 6.92 Å². The van der Waals surface area contributed by atoms with Gasteiger partial charge in [0.1, 0.15) is 5.75 Å². The lowest BCUT2D eigenvalue weighted by Gasteiger charge is -2.25. The number of morpholine rings is 1. The zero-order valence-electron chi connectivity index (χ0n) is 15.3. The third-order valence-corrected chi connectivity index (χ3v) is 4.31. The highest BCUT2D eigenvalue weighted by atomic mass is 19.4. The van der Waals surface area contributed by atoms with Crippen LogP contribution in [0.5, 0.6) is 5.75 Å². The molecule has 1 aliphatic heterocycles. The number of benzene rings is 1. The van der Waals surface area contributed by atoms with Crippen molar-refractivity contribution in [3.63, 3.8) is 0 Å². The second-order valence-corrected chi connectivity index (χ2v) is 6.17. The average molecular weight is 380 g/mol. The minimum atomic E-state index is -4.58. The summed E-state index contributed by atoms with van der Waals surface area (Å²) in [4.78, 5) is 10.5. The van der Waals surface area contributed by atoms with Crippen molar-refractivity contribution in [1.82, 2.24) is 19.6 Å². The molecular formula is C17H16F3N5O2.